The van der Waals surface area contributed by atoms with E-state index in [9.17, 15) is 9.59 Å². The highest BCUT2D eigenvalue weighted by Gasteiger charge is 2.18. The van der Waals surface area contributed by atoms with E-state index in [0.29, 0.717) is 32.6 Å². The average Bonchev–Trinajstić information content (AvgIpc) is 3.34. The zero-order valence-corrected chi connectivity index (χ0v) is 19.5. The molecule has 0 aliphatic rings. The fourth-order valence-corrected chi connectivity index (χ4v) is 5.65. The monoisotopic (exact) mass is 475 g/mol. The number of amides is 1. The minimum atomic E-state index is -0.134. The summed E-state index contributed by atoms with van der Waals surface area (Å²) in [4.78, 5) is 33.3. The third kappa shape index (κ3) is 4.32. The van der Waals surface area contributed by atoms with Crippen LogP contribution in [0.25, 0.3) is 15.9 Å². The number of hydrogen-bond donors (Lipinski definition) is 1. The van der Waals surface area contributed by atoms with E-state index in [0.717, 1.165) is 15.3 Å². The first-order valence-corrected chi connectivity index (χ1v) is 12.2. The van der Waals surface area contributed by atoms with Crippen molar-refractivity contribution in [3.05, 3.63) is 72.5 Å². The van der Waals surface area contributed by atoms with Crippen molar-refractivity contribution in [2.45, 2.75) is 25.5 Å². The van der Waals surface area contributed by atoms with Gasteiger partial charge in [0.1, 0.15) is 4.83 Å². The second-order valence-corrected chi connectivity index (χ2v) is 10.2. The number of aryl methyl sites for hydroxylation is 2. The lowest BCUT2D eigenvalue weighted by Crippen LogP contribution is -2.26. The second-order valence-electron chi connectivity index (χ2n) is 6.62. The summed E-state index contributed by atoms with van der Waals surface area (Å²) in [6.07, 6.45) is 0. The van der Waals surface area contributed by atoms with Crippen LogP contribution >= 0.6 is 46.0 Å². The molecule has 4 rings (SSSR count). The third-order valence-electron chi connectivity index (χ3n) is 4.63. The molecule has 0 aliphatic carbocycles. The number of nitrogens with zero attached hydrogens (tertiary/aromatic N) is 2. The van der Waals surface area contributed by atoms with Gasteiger partial charge in [0.05, 0.1) is 23.4 Å². The van der Waals surface area contributed by atoms with E-state index in [2.05, 4.69) is 5.32 Å². The van der Waals surface area contributed by atoms with E-state index < -0.39 is 0 Å². The van der Waals surface area contributed by atoms with Crippen molar-refractivity contribution in [3.8, 4) is 5.69 Å². The van der Waals surface area contributed by atoms with Crippen molar-refractivity contribution < 1.29 is 4.79 Å². The number of carbonyl (C=O) groups excluding carboxylic acids is 1. The lowest BCUT2D eigenvalue weighted by Gasteiger charge is -2.12. The van der Waals surface area contributed by atoms with Gasteiger partial charge < -0.3 is 5.32 Å². The molecule has 0 aliphatic heterocycles. The lowest BCUT2D eigenvalue weighted by molar-refractivity contribution is -0.118. The van der Waals surface area contributed by atoms with Gasteiger partial charge in [-0.3, -0.25) is 14.2 Å². The third-order valence-corrected chi connectivity index (χ3v) is 7.80. The molecule has 0 saturated carbocycles. The summed E-state index contributed by atoms with van der Waals surface area (Å²) < 4.78 is 1.56. The maximum Gasteiger partial charge on any atom is 0.267 e. The number of halogens is 1. The van der Waals surface area contributed by atoms with Gasteiger partial charge in [-0.25, -0.2) is 4.98 Å². The summed E-state index contributed by atoms with van der Waals surface area (Å²) in [6, 6.07) is 11.0. The van der Waals surface area contributed by atoms with E-state index in [-0.39, 0.29) is 17.2 Å². The van der Waals surface area contributed by atoms with Crippen molar-refractivity contribution in [3.63, 3.8) is 0 Å². The maximum atomic E-state index is 13.4. The first-order chi connectivity index (χ1) is 14.4. The Bertz CT molecular complexity index is 1260. The van der Waals surface area contributed by atoms with Crippen LogP contribution in [-0.4, -0.2) is 21.2 Å². The van der Waals surface area contributed by atoms with Crippen molar-refractivity contribution in [1.29, 1.82) is 0 Å². The fourth-order valence-electron chi connectivity index (χ4n) is 2.97. The molecule has 0 fully saturated rings. The molecule has 0 spiro atoms. The molecule has 154 valence electrons. The molecule has 0 atom stereocenters. The van der Waals surface area contributed by atoms with Crippen LogP contribution in [0.5, 0.6) is 0 Å². The molecule has 0 unspecified atom stereocenters. The summed E-state index contributed by atoms with van der Waals surface area (Å²) in [7, 11) is 0. The predicted molar refractivity (Wildman–Crippen MR) is 127 cm³/mol. The summed E-state index contributed by atoms with van der Waals surface area (Å²) in [5.74, 6) is 0.0595. The molecule has 0 bridgehead atoms. The second kappa shape index (κ2) is 8.93. The van der Waals surface area contributed by atoms with Gasteiger partial charge in [0.25, 0.3) is 5.56 Å². The Labute approximate surface area is 190 Å². The molecule has 4 aromatic rings. The number of benzene rings is 1. The number of thioether (sulfide) groups is 1. The Hall–Kier alpha value is -2.13. The van der Waals surface area contributed by atoms with E-state index >= 15 is 0 Å². The maximum absolute atomic E-state index is 13.4. The zero-order chi connectivity index (χ0) is 21.3. The minimum absolute atomic E-state index is 0.107. The SMILES string of the molecule is Cc1sc2nc(SCC(=O)NCc3cccs3)n(-c3ccc(Cl)cc3)c(=O)c2c1C. The number of thiophene rings is 2. The molecule has 1 aromatic carbocycles. The van der Waals surface area contributed by atoms with Crippen LogP contribution in [0.4, 0.5) is 0 Å². The summed E-state index contributed by atoms with van der Waals surface area (Å²) >= 11 is 10.4. The molecule has 1 amide bonds. The Morgan fingerprint density at radius 2 is 2.00 bits per heavy atom. The van der Waals surface area contributed by atoms with Crippen LogP contribution in [0.3, 0.4) is 0 Å². The van der Waals surface area contributed by atoms with Crippen LogP contribution in [0.2, 0.25) is 5.02 Å². The van der Waals surface area contributed by atoms with Crippen molar-refractivity contribution in [1.82, 2.24) is 14.9 Å². The quantitative estimate of drug-likeness (QED) is 0.308. The molecule has 1 N–H and O–H groups in total. The molecular weight excluding hydrogens is 458 g/mol. The van der Waals surface area contributed by atoms with Gasteiger partial charge in [0.2, 0.25) is 5.91 Å². The molecule has 9 heteroatoms. The smallest absolute Gasteiger partial charge is 0.267 e. The van der Waals surface area contributed by atoms with E-state index in [4.69, 9.17) is 16.6 Å². The Kier molecular flexibility index (Phi) is 6.29. The number of hydrogen-bond acceptors (Lipinski definition) is 6. The first-order valence-electron chi connectivity index (χ1n) is 9.14. The highest BCUT2D eigenvalue weighted by Crippen LogP contribution is 2.29. The van der Waals surface area contributed by atoms with Gasteiger partial charge in [0.15, 0.2) is 5.16 Å². The summed E-state index contributed by atoms with van der Waals surface area (Å²) in [5.41, 5.74) is 1.48. The molecular formula is C21H18ClN3O2S3. The predicted octanol–water partition coefficient (Wildman–Crippen LogP) is 5.19. The fraction of sp³-hybridized carbons (Fsp3) is 0.190. The standard InChI is InChI=1S/C21H18ClN3O2S3/c1-12-13(2)30-19-18(12)20(27)25(15-7-5-14(22)6-8-15)21(24-19)29-11-17(26)23-10-16-4-3-9-28-16/h3-9H,10-11H2,1-2H3,(H,23,26). The Balaban J connectivity index is 1.67. The highest BCUT2D eigenvalue weighted by molar-refractivity contribution is 7.99. The normalized spacial score (nSPS) is 11.2. The molecule has 30 heavy (non-hydrogen) atoms. The van der Waals surface area contributed by atoms with Crippen molar-refractivity contribution >= 4 is 62.2 Å². The number of fused-ring (bicyclic) bond motifs is 1. The van der Waals surface area contributed by atoms with Crippen molar-refractivity contribution in [2.24, 2.45) is 0 Å². The highest BCUT2D eigenvalue weighted by atomic mass is 35.5. The Morgan fingerprint density at radius 1 is 1.23 bits per heavy atom. The molecule has 0 saturated heterocycles. The van der Waals surface area contributed by atoms with Gasteiger partial charge in [-0.05, 0) is 55.1 Å². The topological polar surface area (TPSA) is 64.0 Å². The van der Waals surface area contributed by atoms with Crippen molar-refractivity contribution in [2.75, 3.05) is 5.75 Å². The van der Waals surface area contributed by atoms with Gasteiger partial charge >= 0.3 is 0 Å². The van der Waals surface area contributed by atoms with E-state index in [1.54, 1.807) is 40.2 Å². The summed E-state index contributed by atoms with van der Waals surface area (Å²) in [6.45, 7) is 4.42. The van der Waals surface area contributed by atoms with Crippen LogP contribution in [0.1, 0.15) is 15.3 Å². The van der Waals surface area contributed by atoms with E-state index in [1.807, 2.05) is 31.4 Å². The molecule has 5 nitrogen and oxygen atoms in total. The van der Waals surface area contributed by atoms with Crippen LogP contribution in [-0.2, 0) is 11.3 Å². The van der Waals surface area contributed by atoms with Crippen LogP contribution in [0.15, 0.2) is 51.7 Å². The van der Waals surface area contributed by atoms with Gasteiger partial charge in [0, 0.05) is 14.8 Å². The Morgan fingerprint density at radius 3 is 2.70 bits per heavy atom. The van der Waals surface area contributed by atoms with Gasteiger partial charge in [-0.2, -0.15) is 0 Å². The average molecular weight is 476 g/mol. The summed E-state index contributed by atoms with van der Waals surface area (Å²) in [5, 5.41) is 6.59. The zero-order valence-electron chi connectivity index (χ0n) is 16.3. The lowest BCUT2D eigenvalue weighted by atomic mass is 10.2. The molecule has 0 radical (unpaired) electrons. The van der Waals surface area contributed by atoms with Gasteiger partial charge in [-0.15, -0.1) is 22.7 Å². The number of rotatable bonds is 6. The van der Waals surface area contributed by atoms with E-state index in [1.165, 1.54) is 23.1 Å². The van der Waals surface area contributed by atoms with Crippen LogP contribution < -0.4 is 10.9 Å². The minimum Gasteiger partial charge on any atom is -0.350 e. The largest absolute Gasteiger partial charge is 0.350 e. The van der Waals surface area contributed by atoms with Crippen LogP contribution in [0, 0.1) is 13.8 Å². The number of nitrogens with one attached hydrogen (secondary N) is 1. The molecule has 3 aromatic heterocycles. The van der Waals surface area contributed by atoms with Gasteiger partial charge in [-0.1, -0.05) is 29.4 Å². The first kappa shape index (κ1) is 21.1. The number of aromatic nitrogens is 2. The molecule has 3 heterocycles. The number of carbonyl (C=O) groups is 1.